The van der Waals surface area contributed by atoms with Crippen LogP contribution in [0.2, 0.25) is 0 Å². The molecule has 4 rings (SSSR count). The Kier molecular flexibility index (Phi) is 6.34. The van der Waals surface area contributed by atoms with E-state index in [-0.39, 0.29) is 36.1 Å². The van der Waals surface area contributed by atoms with Gasteiger partial charge in [-0.15, -0.1) is 0 Å². The molecule has 10 nitrogen and oxygen atoms in total. The quantitative estimate of drug-likeness (QED) is 0.646. The molecule has 2 heterocycles. The van der Waals surface area contributed by atoms with Gasteiger partial charge in [0.25, 0.3) is 5.91 Å². The van der Waals surface area contributed by atoms with Crippen LogP contribution >= 0.6 is 0 Å². The van der Waals surface area contributed by atoms with Gasteiger partial charge in [0.05, 0.1) is 22.6 Å². The van der Waals surface area contributed by atoms with E-state index < -0.39 is 18.5 Å². The highest BCUT2D eigenvalue weighted by atomic mass is 16.5. The zero-order valence-electron chi connectivity index (χ0n) is 17.7. The van der Waals surface area contributed by atoms with Crippen LogP contribution in [-0.2, 0) is 23.9 Å². The molecule has 10 heteroatoms. The van der Waals surface area contributed by atoms with Crippen LogP contribution in [0.3, 0.4) is 0 Å². The number of amides is 4. The molecular formula is C23H22N4O6. The number of nitrogens with zero attached hydrogens (tertiary/aromatic N) is 2. The predicted octanol–water partition coefficient (Wildman–Crippen LogP) is 1.77. The van der Waals surface area contributed by atoms with Gasteiger partial charge in [-0.2, -0.15) is 0 Å². The van der Waals surface area contributed by atoms with Crippen molar-refractivity contribution in [2.24, 2.45) is 0 Å². The smallest absolute Gasteiger partial charge is 0.338 e. The summed E-state index contributed by atoms with van der Waals surface area (Å²) >= 11 is 0. The van der Waals surface area contributed by atoms with Gasteiger partial charge >= 0.3 is 5.97 Å². The molecule has 4 amide bonds. The van der Waals surface area contributed by atoms with E-state index in [1.807, 2.05) is 0 Å². The van der Waals surface area contributed by atoms with E-state index in [1.54, 1.807) is 29.2 Å². The van der Waals surface area contributed by atoms with Gasteiger partial charge in [-0.1, -0.05) is 12.1 Å². The van der Waals surface area contributed by atoms with Gasteiger partial charge in [0.2, 0.25) is 17.7 Å². The third-order valence-corrected chi connectivity index (χ3v) is 5.29. The number of benzene rings is 2. The summed E-state index contributed by atoms with van der Waals surface area (Å²) in [5, 5.41) is 3.82. The Morgan fingerprint density at radius 3 is 2.42 bits per heavy atom. The van der Waals surface area contributed by atoms with Crippen LogP contribution in [0.4, 0.5) is 17.1 Å². The maximum atomic E-state index is 12.3. The number of ether oxygens (including phenoxy) is 1. The summed E-state index contributed by atoms with van der Waals surface area (Å²) in [6, 6.07) is 12.8. The fraction of sp³-hybridized carbons (Fsp3) is 0.261. The Balaban J connectivity index is 1.34. The molecule has 0 saturated carbocycles. The van der Waals surface area contributed by atoms with Crippen LogP contribution < -0.4 is 20.7 Å². The number of hydrogen-bond acceptors (Lipinski definition) is 6. The zero-order valence-corrected chi connectivity index (χ0v) is 17.7. The SMILES string of the molecule is O=C(COC(=O)c1ccc(N2NC(=O)CCC2=O)cc1)Nc1ccccc1N1CCCC1=O. The van der Waals surface area contributed by atoms with E-state index in [1.165, 1.54) is 24.3 Å². The highest BCUT2D eigenvalue weighted by molar-refractivity contribution is 6.03. The van der Waals surface area contributed by atoms with Gasteiger partial charge in [-0.25, -0.2) is 9.80 Å². The number of hydrogen-bond donors (Lipinski definition) is 2. The maximum absolute atomic E-state index is 12.3. The van der Waals surface area contributed by atoms with Crippen molar-refractivity contribution >= 4 is 46.7 Å². The lowest BCUT2D eigenvalue weighted by Gasteiger charge is -2.27. The first kappa shape index (κ1) is 22.0. The number of esters is 1. The molecule has 0 aliphatic carbocycles. The molecular weight excluding hydrogens is 428 g/mol. The topological polar surface area (TPSA) is 125 Å². The molecule has 0 aromatic heterocycles. The van der Waals surface area contributed by atoms with Crippen molar-refractivity contribution in [1.29, 1.82) is 0 Å². The Bertz CT molecular complexity index is 1110. The summed E-state index contributed by atoms with van der Waals surface area (Å²) < 4.78 is 5.09. The number of anilines is 3. The lowest BCUT2D eigenvalue weighted by atomic mass is 10.2. The van der Waals surface area contributed by atoms with Crippen molar-refractivity contribution in [3.05, 3.63) is 54.1 Å². The number of nitrogens with one attached hydrogen (secondary N) is 2. The summed E-state index contributed by atoms with van der Waals surface area (Å²) in [5.41, 5.74) is 4.14. The summed E-state index contributed by atoms with van der Waals surface area (Å²) in [7, 11) is 0. The summed E-state index contributed by atoms with van der Waals surface area (Å²) in [4.78, 5) is 61.8. The minimum Gasteiger partial charge on any atom is -0.452 e. The summed E-state index contributed by atoms with van der Waals surface area (Å²) in [6.07, 6.45) is 1.48. The van der Waals surface area contributed by atoms with Crippen molar-refractivity contribution in [2.45, 2.75) is 25.7 Å². The summed E-state index contributed by atoms with van der Waals surface area (Å²) in [6.45, 7) is 0.0763. The molecule has 2 saturated heterocycles. The van der Waals surface area contributed by atoms with Gasteiger partial charge in [-0.3, -0.25) is 24.6 Å². The second-order valence-electron chi connectivity index (χ2n) is 7.60. The normalized spacial score (nSPS) is 15.9. The molecule has 170 valence electrons. The standard InChI is InChI=1S/C23H22N4O6/c28-19-11-12-22(31)27(25-19)16-9-7-15(8-10-16)23(32)33-14-20(29)24-17-4-1-2-5-18(17)26-13-3-6-21(26)30/h1-2,4-5,7-10H,3,6,11-14H2,(H,24,29)(H,25,28). The molecule has 0 atom stereocenters. The summed E-state index contributed by atoms with van der Waals surface area (Å²) in [5.74, 6) is -1.77. The Morgan fingerprint density at radius 2 is 1.70 bits per heavy atom. The van der Waals surface area contributed by atoms with E-state index in [0.29, 0.717) is 30.0 Å². The van der Waals surface area contributed by atoms with Crippen molar-refractivity contribution in [3.63, 3.8) is 0 Å². The van der Waals surface area contributed by atoms with Gasteiger partial charge < -0.3 is 15.0 Å². The number of para-hydroxylation sites is 2. The van der Waals surface area contributed by atoms with E-state index in [2.05, 4.69) is 10.7 Å². The molecule has 2 aliphatic rings. The van der Waals surface area contributed by atoms with Gasteiger partial charge in [0.1, 0.15) is 0 Å². The van der Waals surface area contributed by atoms with Crippen LogP contribution in [0.15, 0.2) is 48.5 Å². The molecule has 2 fully saturated rings. The third-order valence-electron chi connectivity index (χ3n) is 5.29. The number of carbonyl (C=O) groups is 5. The Hall–Kier alpha value is -4.21. The third kappa shape index (κ3) is 5.00. The van der Waals surface area contributed by atoms with Crippen molar-refractivity contribution in [1.82, 2.24) is 5.43 Å². The Labute approximate surface area is 189 Å². The minimum absolute atomic E-state index is 0.00241. The average molecular weight is 450 g/mol. The maximum Gasteiger partial charge on any atom is 0.338 e. The minimum atomic E-state index is -0.714. The molecule has 2 aromatic rings. The molecule has 0 bridgehead atoms. The lowest BCUT2D eigenvalue weighted by Crippen LogP contribution is -2.50. The van der Waals surface area contributed by atoms with Crippen LogP contribution in [0.1, 0.15) is 36.0 Å². The van der Waals surface area contributed by atoms with E-state index in [0.717, 1.165) is 11.4 Å². The van der Waals surface area contributed by atoms with Crippen LogP contribution in [0.25, 0.3) is 0 Å². The molecule has 2 aliphatic heterocycles. The average Bonchev–Trinajstić information content (AvgIpc) is 3.25. The molecule has 2 N–H and O–H groups in total. The van der Waals surface area contributed by atoms with E-state index in [9.17, 15) is 24.0 Å². The second kappa shape index (κ2) is 9.51. The first-order chi connectivity index (χ1) is 15.9. The first-order valence-electron chi connectivity index (χ1n) is 10.5. The van der Waals surface area contributed by atoms with Crippen molar-refractivity contribution in [3.8, 4) is 0 Å². The van der Waals surface area contributed by atoms with Crippen molar-refractivity contribution in [2.75, 3.05) is 28.4 Å². The van der Waals surface area contributed by atoms with Crippen LogP contribution in [0, 0.1) is 0 Å². The van der Waals surface area contributed by atoms with E-state index >= 15 is 0 Å². The molecule has 0 spiro atoms. The second-order valence-corrected chi connectivity index (χ2v) is 7.60. The van der Waals surface area contributed by atoms with Crippen molar-refractivity contribution < 1.29 is 28.7 Å². The zero-order chi connectivity index (χ0) is 23.4. The molecule has 0 unspecified atom stereocenters. The number of hydrazine groups is 1. The van der Waals surface area contributed by atoms with Crippen LogP contribution in [0.5, 0.6) is 0 Å². The predicted molar refractivity (Wildman–Crippen MR) is 118 cm³/mol. The van der Waals surface area contributed by atoms with Gasteiger partial charge in [0.15, 0.2) is 6.61 Å². The lowest BCUT2D eigenvalue weighted by molar-refractivity contribution is -0.130. The molecule has 33 heavy (non-hydrogen) atoms. The number of carbonyl (C=O) groups excluding carboxylic acids is 5. The first-order valence-corrected chi connectivity index (χ1v) is 10.5. The highest BCUT2D eigenvalue weighted by Gasteiger charge is 2.25. The Morgan fingerprint density at radius 1 is 0.939 bits per heavy atom. The van der Waals surface area contributed by atoms with Gasteiger partial charge in [-0.05, 0) is 42.8 Å². The molecule has 0 radical (unpaired) electrons. The highest BCUT2D eigenvalue weighted by Crippen LogP contribution is 2.29. The fourth-order valence-corrected chi connectivity index (χ4v) is 3.65. The largest absolute Gasteiger partial charge is 0.452 e. The monoisotopic (exact) mass is 450 g/mol. The van der Waals surface area contributed by atoms with E-state index in [4.69, 9.17) is 4.74 Å². The molecule has 2 aromatic carbocycles. The fourth-order valence-electron chi connectivity index (χ4n) is 3.65. The van der Waals surface area contributed by atoms with Gasteiger partial charge in [0, 0.05) is 25.8 Å². The van der Waals surface area contributed by atoms with Crippen LogP contribution in [-0.4, -0.2) is 42.7 Å². The number of rotatable bonds is 6.